The number of hydrogen-bond acceptors (Lipinski definition) is 3. The van der Waals surface area contributed by atoms with Crippen molar-refractivity contribution < 1.29 is 9.53 Å². The van der Waals surface area contributed by atoms with E-state index in [4.69, 9.17) is 4.74 Å². The summed E-state index contributed by atoms with van der Waals surface area (Å²) in [4.78, 5) is 19.9. The summed E-state index contributed by atoms with van der Waals surface area (Å²) in [6, 6.07) is 16.5. The number of H-pyrrole nitrogens is 1. The van der Waals surface area contributed by atoms with Crippen molar-refractivity contribution in [3.8, 4) is 10.6 Å². The minimum Gasteiger partial charge on any atom is -0.378 e. The van der Waals surface area contributed by atoms with Crippen molar-refractivity contribution in [1.29, 1.82) is 0 Å². The molecule has 5 rings (SSSR count). The Hall–Kier alpha value is -2.15. The van der Waals surface area contributed by atoms with E-state index >= 15 is 0 Å². The Kier molecular flexibility index (Phi) is 4.27. The third kappa shape index (κ3) is 2.98. The molecule has 2 aromatic heterocycles. The number of fused-ring (bicyclic) bond motifs is 2. The molecule has 1 fully saturated rings. The molecule has 136 valence electrons. The van der Waals surface area contributed by atoms with Crippen molar-refractivity contribution >= 4 is 54.2 Å². The molecular formula is C21H17BrN2O2S. The highest BCUT2D eigenvalue weighted by Crippen LogP contribution is 2.38. The largest absolute Gasteiger partial charge is 0.378 e. The van der Waals surface area contributed by atoms with Crippen LogP contribution in [0.2, 0.25) is 0 Å². The first kappa shape index (κ1) is 17.0. The second-order valence-corrected chi connectivity index (χ2v) is 8.62. The Bertz CT molecular complexity index is 1120. The zero-order chi connectivity index (χ0) is 18.4. The van der Waals surface area contributed by atoms with Gasteiger partial charge in [-0.15, -0.1) is 11.3 Å². The fourth-order valence-corrected chi connectivity index (χ4v) is 5.04. The molecule has 1 N–H and O–H groups in total. The van der Waals surface area contributed by atoms with Crippen LogP contribution in [0.5, 0.6) is 0 Å². The lowest BCUT2D eigenvalue weighted by Crippen LogP contribution is -2.40. The van der Waals surface area contributed by atoms with E-state index in [0.717, 1.165) is 31.5 Å². The van der Waals surface area contributed by atoms with Gasteiger partial charge in [0.25, 0.3) is 5.91 Å². The Morgan fingerprint density at radius 1 is 1.11 bits per heavy atom. The molecule has 4 nitrogen and oxygen atoms in total. The van der Waals surface area contributed by atoms with Gasteiger partial charge in [0, 0.05) is 33.2 Å². The van der Waals surface area contributed by atoms with Gasteiger partial charge in [0.05, 0.1) is 29.3 Å². The number of aromatic amines is 1. The van der Waals surface area contributed by atoms with Gasteiger partial charge in [-0.2, -0.15) is 0 Å². The summed E-state index contributed by atoms with van der Waals surface area (Å²) < 4.78 is 7.63. The third-order valence-corrected chi connectivity index (χ3v) is 6.57. The Morgan fingerprint density at radius 3 is 2.74 bits per heavy atom. The van der Waals surface area contributed by atoms with Crippen molar-refractivity contribution in [1.82, 2.24) is 9.88 Å². The monoisotopic (exact) mass is 440 g/mol. The first-order valence-corrected chi connectivity index (χ1v) is 10.5. The normalized spacial score (nSPS) is 14.9. The number of rotatable bonds is 2. The number of hydrogen-bond donors (Lipinski definition) is 1. The van der Waals surface area contributed by atoms with Gasteiger partial charge in [-0.3, -0.25) is 4.79 Å². The Labute approximate surface area is 168 Å². The van der Waals surface area contributed by atoms with E-state index in [1.165, 1.54) is 10.1 Å². The van der Waals surface area contributed by atoms with Gasteiger partial charge in [0.15, 0.2) is 0 Å². The minimum absolute atomic E-state index is 0.0688. The molecule has 0 atom stereocenters. The lowest BCUT2D eigenvalue weighted by Gasteiger charge is -2.27. The van der Waals surface area contributed by atoms with Crippen LogP contribution in [0.1, 0.15) is 10.4 Å². The van der Waals surface area contributed by atoms with Gasteiger partial charge in [-0.1, -0.05) is 40.2 Å². The SMILES string of the molecule is O=C(c1c(-c2cc3ccccc3s2)[nH]c2cc(Br)ccc12)N1CCOCC1. The number of nitrogens with one attached hydrogen (secondary N) is 1. The predicted molar refractivity (Wildman–Crippen MR) is 114 cm³/mol. The summed E-state index contributed by atoms with van der Waals surface area (Å²) >= 11 is 5.24. The molecule has 0 saturated carbocycles. The fraction of sp³-hybridized carbons (Fsp3) is 0.190. The molecule has 1 aliphatic heterocycles. The summed E-state index contributed by atoms with van der Waals surface area (Å²) in [5.74, 6) is 0.0688. The molecule has 2 aromatic carbocycles. The number of nitrogens with zero attached hydrogens (tertiary/aromatic N) is 1. The number of halogens is 1. The predicted octanol–water partition coefficient (Wildman–Crippen LogP) is 5.28. The van der Waals surface area contributed by atoms with Crippen LogP contribution in [0.4, 0.5) is 0 Å². The Balaban J connectivity index is 1.71. The fourth-order valence-electron chi connectivity index (χ4n) is 3.61. The minimum atomic E-state index is 0.0688. The second kappa shape index (κ2) is 6.78. The topological polar surface area (TPSA) is 45.3 Å². The van der Waals surface area contributed by atoms with Gasteiger partial charge in [-0.05, 0) is 29.7 Å². The number of morpholine rings is 1. The van der Waals surface area contributed by atoms with E-state index in [1.807, 2.05) is 35.2 Å². The highest BCUT2D eigenvalue weighted by molar-refractivity contribution is 9.10. The van der Waals surface area contributed by atoms with Crippen molar-refractivity contribution in [2.75, 3.05) is 26.3 Å². The summed E-state index contributed by atoms with van der Waals surface area (Å²) in [6.45, 7) is 2.46. The van der Waals surface area contributed by atoms with Crippen LogP contribution in [-0.2, 0) is 4.74 Å². The average molecular weight is 441 g/mol. The molecule has 4 aromatic rings. The molecule has 1 amide bonds. The van der Waals surface area contributed by atoms with Gasteiger partial charge < -0.3 is 14.6 Å². The molecule has 0 bridgehead atoms. The number of aromatic nitrogens is 1. The number of amides is 1. The maximum Gasteiger partial charge on any atom is 0.256 e. The van der Waals surface area contributed by atoms with Crippen LogP contribution < -0.4 is 0 Å². The standard InChI is InChI=1S/C21H17BrN2O2S/c22-14-5-6-15-16(12-14)23-20(18-11-13-3-1-2-4-17(13)27-18)19(15)21(25)24-7-9-26-10-8-24/h1-6,11-12,23H,7-10H2. The second-order valence-electron chi connectivity index (χ2n) is 6.62. The molecule has 6 heteroatoms. The third-order valence-electron chi connectivity index (χ3n) is 4.94. The summed E-state index contributed by atoms with van der Waals surface area (Å²) in [5.41, 5.74) is 2.63. The zero-order valence-corrected chi connectivity index (χ0v) is 16.9. The van der Waals surface area contributed by atoms with E-state index in [-0.39, 0.29) is 5.91 Å². The lowest BCUT2D eigenvalue weighted by atomic mass is 10.1. The van der Waals surface area contributed by atoms with Crippen LogP contribution in [0.25, 0.3) is 31.6 Å². The first-order chi connectivity index (χ1) is 13.2. The van der Waals surface area contributed by atoms with Crippen LogP contribution in [-0.4, -0.2) is 42.1 Å². The number of carbonyl (C=O) groups excluding carboxylic acids is 1. The van der Waals surface area contributed by atoms with Gasteiger partial charge in [-0.25, -0.2) is 0 Å². The number of carbonyl (C=O) groups is 1. The van der Waals surface area contributed by atoms with E-state index < -0.39 is 0 Å². The van der Waals surface area contributed by atoms with Crippen LogP contribution in [0, 0.1) is 0 Å². The summed E-state index contributed by atoms with van der Waals surface area (Å²) in [5, 5.41) is 2.16. The Morgan fingerprint density at radius 2 is 1.93 bits per heavy atom. The van der Waals surface area contributed by atoms with Gasteiger partial charge >= 0.3 is 0 Å². The zero-order valence-electron chi connectivity index (χ0n) is 14.5. The van der Waals surface area contributed by atoms with E-state index in [9.17, 15) is 4.79 Å². The summed E-state index contributed by atoms with van der Waals surface area (Å²) in [6.07, 6.45) is 0. The van der Waals surface area contributed by atoms with E-state index in [2.05, 4.69) is 39.1 Å². The highest BCUT2D eigenvalue weighted by atomic mass is 79.9. The van der Waals surface area contributed by atoms with E-state index in [0.29, 0.717) is 26.3 Å². The van der Waals surface area contributed by atoms with E-state index in [1.54, 1.807) is 11.3 Å². The molecule has 0 aliphatic carbocycles. The molecular weight excluding hydrogens is 424 g/mol. The molecule has 1 saturated heterocycles. The quantitative estimate of drug-likeness (QED) is 0.460. The van der Waals surface area contributed by atoms with Crippen molar-refractivity contribution in [2.45, 2.75) is 0 Å². The highest BCUT2D eigenvalue weighted by Gasteiger charge is 2.26. The maximum atomic E-state index is 13.4. The van der Waals surface area contributed by atoms with Crippen molar-refractivity contribution in [3.63, 3.8) is 0 Å². The maximum absolute atomic E-state index is 13.4. The lowest BCUT2D eigenvalue weighted by molar-refractivity contribution is 0.0305. The average Bonchev–Trinajstić information content (AvgIpc) is 3.28. The molecule has 0 unspecified atom stereocenters. The van der Waals surface area contributed by atoms with Crippen LogP contribution in [0.3, 0.4) is 0 Å². The van der Waals surface area contributed by atoms with Crippen LogP contribution in [0.15, 0.2) is 53.0 Å². The summed E-state index contributed by atoms with van der Waals surface area (Å²) in [7, 11) is 0. The smallest absolute Gasteiger partial charge is 0.256 e. The molecule has 1 aliphatic rings. The van der Waals surface area contributed by atoms with Gasteiger partial charge in [0.2, 0.25) is 0 Å². The van der Waals surface area contributed by atoms with Crippen LogP contribution >= 0.6 is 27.3 Å². The van der Waals surface area contributed by atoms with Crippen molar-refractivity contribution in [2.24, 2.45) is 0 Å². The number of benzene rings is 2. The molecule has 0 spiro atoms. The molecule has 27 heavy (non-hydrogen) atoms. The number of thiophene rings is 1. The first-order valence-electron chi connectivity index (χ1n) is 8.88. The van der Waals surface area contributed by atoms with Gasteiger partial charge in [0.1, 0.15) is 0 Å². The molecule has 0 radical (unpaired) electrons. The van der Waals surface area contributed by atoms with Crippen molar-refractivity contribution in [3.05, 3.63) is 58.6 Å². The number of ether oxygens (including phenoxy) is 1. The molecule has 3 heterocycles.